The number of hydrogen-bond acceptors (Lipinski definition) is 7. The first-order chi connectivity index (χ1) is 8.16. The molecule has 0 amide bonds. The smallest absolute Gasteiger partial charge is 0.362 e. The van der Waals surface area contributed by atoms with E-state index >= 15 is 0 Å². The Bertz CT molecular complexity index is 482. The molecule has 0 radical (unpaired) electrons. The molecule has 1 aromatic heterocycles. The highest BCUT2D eigenvalue weighted by Crippen LogP contribution is 2.14. The van der Waals surface area contributed by atoms with Gasteiger partial charge in [0.05, 0.1) is 0 Å². The molecule has 1 heterocycles. The second kappa shape index (κ2) is 4.91. The molecule has 1 unspecified atom stereocenters. The van der Waals surface area contributed by atoms with E-state index in [0.717, 1.165) is 24.4 Å². The molecule has 1 aliphatic carbocycles. The minimum Gasteiger partial charge on any atom is -0.476 e. The SMILES string of the molecule is Nc1nc(C(=NOC2C=CCC2)C(=O)O)ns1. The third-order valence-corrected chi connectivity index (χ3v) is 2.65. The molecule has 90 valence electrons. The molecule has 17 heavy (non-hydrogen) atoms. The summed E-state index contributed by atoms with van der Waals surface area (Å²) in [5, 5.41) is 12.7. The third kappa shape index (κ3) is 2.78. The van der Waals surface area contributed by atoms with Crippen LogP contribution < -0.4 is 5.73 Å². The van der Waals surface area contributed by atoms with Crippen molar-refractivity contribution in [2.24, 2.45) is 5.16 Å². The van der Waals surface area contributed by atoms with Crippen LogP contribution in [0.2, 0.25) is 0 Å². The van der Waals surface area contributed by atoms with Crippen LogP contribution in [0.1, 0.15) is 18.7 Å². The van der Waals surface area contributed by atoms with Gasteiger partial charge in [-0.2, -0.15) is 9.36 Å². The van der Waals surface area contributed by atoms with Crippen molar-refractivity contribution in [1.29, 1.82) is 0 Å². The predicted octanol–water partition coefficient (Wildman–Crippen LogP) is 0.644. The van der Waals surface area contributed by atoms with Gasteiger partial charge in [0.25, 0.3) is 0 Å². The molecule has 0 saturated carbocycles. The highest BCUT2D eigenvalue weighted by Gasteiger charge is 2.20. The summed E-state index contributed by atoms with van der Waals surface area (Å²) < 4.78 is 3.78. The summed E-state index contributed by atoms with van der Waals surface area (Å²) >= 11 is 0.911. The number of nitrogens with two attached hydrogens (primary N) is 1. The first kappa shape index (κ1) is 11.5. The van der Waals surface area contributed by atoms with E-state index in [1.807, 2.05) is 12.2 Å². The number of aliphatic carboxylic acids is 1. The maximum Gasteiger partial charge on any atom is 0.362 e. The van der Waals surface area contributed by atoms with Crippen molar-refractivity contribution in [1.82, 2.24) is 9.36 Å². The number of oxime groups is 1. The second-order valence-electron chi connectivity index (χ2n) is 3.35. The van der Waals surface area contributed by atoms with E-state index in [1.54, 1.807) is 0 Å². The lowest BCUT2D eigenvalue weighted by atomic mass is 10.3. The maximum atomic E-state index is 11.0. The van der Waals surface area contributed by atoms with Gasteiger partial charge in [-0.25, -0.2) is 4.79 Å². The van der Waals surface area contributed by atoms with Crippen LogP contribution in [0.25, 0.3) is 0 Å². The molecule has 0 spiro atoms. The van der Waals surface area contributed by atoms with Crippen molar-refractivity contribution < 1.29 is 14.7 Å². The standard InChI is InChI=1S/C9H10N4O3S/c10-9-11-7(13-17-9)6(8(14)15)12-16-5-3-1-2-4-5/h1,3,5H,2,4H2,(H,14,15)(H2,10,11,13). The van der Waals surface area contributed by atoms with Crippen LogP contribution in [-0.2, 0) is 9.63 Å². The van der Waals surface area contributed by atoms with Crippen molar-refractivity contribution in [2.45, 2.75) is 18.9 Å². The van der Waals surface area contributed by atoms with Gasteiger partial charge < -0.3 is 15.7 Å². The van der Waals surface area contributed by atoms with Crippen molar-refractivity contribution in [3.05, 3.63) is 18.0 Å². The number of anilines is 1. The Kier molecular flexibility index (Phi) is 3.33. The summed E-state index contributed by atoms with van der Waals surface area (Å²) in [6.07, 6.45) is 5.32. The van der Waals surface area contributed by atoms with Gasteiger partial charge in [0.15, 0.2) is 5.13 Å². The zero-order valence-corrected chi connectivity index (χ0v) is 9.55. The Morgan fingerprint density at radius 3 is 3.06 bits per heavy atom. The van der Waals surface area contributed by atoms with E-state index in [4.69, 9.17) is 15.7 Å². The first-order valence-electron chi connectivity index (χ1n) is 4.90. The van der Waals surface area contributed by atoms with Crippen molar-refractivity contribution in [3.8, 4) is 0 Å². The molecule has 2 rings (SSSR count). The molecule has 0 bridgehead atoms. The van der Waals surface area contributed by atoms with Crippen LogP contribution in [0.3, 0.4) is 0 Å². The van der Waals surface area contributed by atoms with Crippen LogP contribution >= 0.6 is 11.5 Å². The molecular weight excluding hydrogens is 244 g/mol. The number of allylic oxidation sites excluding steroid dienone is 1. The molecule has 1 aromatic rings. The Morgan fingerprint density at radius 2 is 2.53 bits per heavy atom. The highest BCUT2D eigenvalue weighted by atomic mass is 32.1. The minimum atomic E-state index is -1.25. The summed E-state index contributed by atoms with van der Waals surface area (Å²) in [6, 6.07) is 0. The molecule has 0 saturated heterocycles. The first-order valence-corrected chi connectivity index (χ1v) is 5.67. The molecule has 0 fully saturated rings. The fourth-order valence-electron chi connectivity index (χ4n) is 1.32. The molecule has 8 heteroatoms. The van der Waals surface area contributed by atoms with Crippen LogP contribution in [0.15, 0.2) is 17.3 Å². The average Bonchev–Trinajstić information content (AvgIpc) is 2.90. The van der Waals surface area contributed by atoms with E-state index in [-0.39, 0.29) is 22.8 Å². The minimum absolute atomic E-state index is 0.0259. The summed E-state index contributed by atoms with van der Waals surface area (Å²) in [6.45, 7) is 0. The number of carboxylic acids is 1. The van der Waals surface area contributed by atoms with E-state index in [2.05, 4.69) is 14.5 Å². The average molecular weight is 254 g/mol. The summed E-state index contributed by atoms with van der Waals surface area (Å²) in [5.74, 6) is -1.27. The monoisotopic (exact) mass is 254 g/mol. The van der Waals surface area contributed by atoms with Gasteiger partial charge in [0, 0.05) is 11.5 Å². The van der Waals surface area contributed by atoms with Gasteiger partial charge in [0.1, 0.15) is 6.10 Å². The molecule has 1 atom stereocenters. The Morgan fingerprint density at radius 1 is 1.71 bits per heavy atom. The fourth-order valence-corrected chi connectivity index (χ4v) is 1.75. The second-order valence-corrected chi connectivity index (χ2v) is 4.13. The molecular formula is C9H10N4O3S. The van der Waals surface area contributed by atoms with Gasteiger partial charge in [-0.05, 0) is 18.9 Å². The van der Waals surface area contributed by atoms with Crippen LogP contribution in [0, 0.1) is 0 Å². The lowest BCUT2D eigenvalue weighted by Gasteiger charge is -2.05. The number of hydrogen-bond donors (Lipinski definition) is 2. The number of carbonyl (C=O) groups is 1. The van der Waals surface area contributed by atoms with E-state index in [9.17, 15) is 4.79 Å². The lowest BCUT2D eigenvalue weighted by Crippen LogP contribution is -2.18. The Balaban J connectivity index is 2.14. The highest BCUT2D eigenvalue weighted by molar-refractivity contribution is 7.09. The van der Waals surface area contributed by atoms with E-state index in [1.165, 1.54) is 0 Å². The van der Waals surface area contributed by atoms with E-state index in [0.29, 0.717) is 0 Å². The number of carboxylic acid groups (broad SMARTS) is 1. The number of rotatable bonds is 4. The third-order valence-electron chi connectivity index (χ3n) is 2.10. The number of aromatic nitrogens is 2. The number of nitrogen functional groups attached to an aromatic ring is 1. The normalized spacial score (nSPS) is 19.5. The topological polar surface area (TPSA) is 111 Å². The lowest BCUT2D eigenvalue weighted by molar-refractivity contribution is -0.129. The molecule has 0 aliphatic heterocycles. The summed E-state index contributed by atoms with van der Waals surface area (Å²) in [4.78, 5) is 19.8. The van der Waals surface area contributed by atoms with Gasteiger partial charge in [-0.3, -0.25) is 0 Å². The zero-order valence-electron chi connectivity index (χ0n) is 8.74. The van der Waals surface area contributed by atoms with Crippen molar-refractivity contribution in [2.75, 3.05) is 5.73 Å². The Labute approximate surface area is 101 Å². The largest absolute Gasteiger partial charge is 0.476 e. The predicted molar refractivity (Wildman–Crippen MR) is 61.7 cm³/mol. The summed E-state index contributed by atoms with van der Waals surface area (Å²) in [7, 11) is 0. The quantitative estimate of drug-likeness (QED) is 0.463. The van der Waals surface area contributed by atoms with Crippen LogP contribution in [-0.4, -0.2) is 32.2 Å². The number of nitrogens with zero attached hydrogens (tertiary/aromatic N) is 3. The zero-order chi connectivity index (χ0) is 12.3. The van der Waals surface area contributed by atoms with Crippen LogP contribution in [0.4, 0.5) is 5.13 Å². The van der Waals surface area contributed by atoms with Gasteiger partial charge in [-0.15, -0.1) is 0 Å². The van der Waals surface area contributed by atoms with Gasteiger partial charge in [-0.1, -0.05) is 11.2 Å². The van der Waals surface area contributed by atoms with E-state index < -0.39 is 5.97 Å². The van der Waals surface area contributed by atoms with Gasteiger partial charge >= 0.3 is 5.97 Å². The van der Waals surface area contributed by atoms with Gasteiger partial charge in [0.2, 0.25) is 11.5 Å². The molecule has 1 aliphatic rings. The van der Waals surface area contributed by atoms with Crippen LogP contribution in [0.5, 0.6) is 0 Å². The summed E-state index contributed by atoms with van der Waals surface area (Å²) in [5.41, 5.74) is 5.04. The maximum absolute atomic E-state index is 11.0. The van der Waals surface area contributed by atoms with Crippen molar-refractivity contribution >= 4 is 28.3 Å². The van der Waals surface area contributed by atoms with Crippen molar-refractivity contribution in [3.63, 3.8) is 0 Å². The fraction of sp³-hybridized carbons (Fsp3) is 0.333. The molecule has 0 aromatic carbocycles. The molecule has 3 N–H and O–H groups in total. The Hall–Kier alpha value is -1.96. The molecule has 7 nitrogen and oxygen atoms in total.